The smallest absolute Gasteiger partial charge is 0.445 e. The molecule has 0 fully saturated rings. The molecular weight excluding hydrogens is 233 g/mol. The Morgan fingerprint density at radius 2 is 1.87 bits per heavy atom. The molecule has 0 atom stereocenters. The summed E-state index contributed by atoms with van der Waals surface area (Å²) in [4.78, 5) is 10.3. The van der Waals surface area contributed by atoms with E-state index in [0.29, 0.717) is 6.29 Å². The number of carbonyl (C=O) groups excluding carboxylic acids is 1. The maximum Gasteiger partial charge on any atom is 1.00 e. The molecule has 0 amide bonds. The van der Waals surface area contributed by atoms with Crippen molar-refractivity contribution in [1.82, 2.24) is 0 Å². The Morgan fingerprint density at radius 3 is 2.27 bits per heavy atom. The van der Waals surface area contributed by atoms with Crippen LogP contribution in [0.3, 0.4) is 0 Å². The quantitative estimate of drug-likeness (QED) is 0.387. The van der Waals surface area contributed by atoms with E-state index in [2.05, 4.69) is 0 Å². The van der Waals surface area contributed by atoms with E-state index in [1.54, 1.807) is 0 Å². The molecule has 1 aromatic carbocycles. The van der Waals surface area contributed by atoms with Gasteiger partial charge in [0.05, 0.1) is 0 Å². The third kappa shape index (κ3) is 3.60. The van der Waals surface area contributed by atoms with Gasteiger partial charge in [0.1, 0.15) is 6.29 Å². The van der Waals surface area contributed by atoms with E-state index in [0.717, 1.165) is 6.07 Å². The van der Waals surface area contributed by atoms with Gasteiger partial charge in [-0.3, -0.25) is 4.79 Å². The minimum atomic E-state index is -5.11. The molecule has 15 heavy (non-hydrogen) atoms. The molecule has 0 unspecified atom stereocenters. The molecule has 0 saturated carbocycles. The van der Waals surface area contributed by atoms with E-state index in [4.69, 9.17) is 5.73 Å². The van der Waals surface area contributed by atoms with Crippen LogP contribution in [0.15, 0.2) is 12.1 Å². The predicted octanol–water partition coefficient (Wildman–Crippen LogP) is -1.55. The fourth-order valence-electron chi connectivity index (χ4n) is 1.19. The summed E-state index contributed by atoms with van der Waals surface area (Å²) in [5.41, 5.74) is 4.46. The second-order valence-corrected chi connectivity index (χ2v) is 3.02. The van der Waals surface area contributed by atoms with Crippen molar-refractivity contribution < 1.29 is 69.1 Å². The van der Waals surface area contributed by atoms with Crippen LogP contribution in [0.2, 0.25) is 0 Å². The SMILES string of the molecule is Cc1c(N)cc(C=O)cc1[B-](F)(F)F.[K+]. The Labute approximate surface area is 128 Å². The van der Waals surface area contributed by atoms with E-state index in [-0.39, 0.29) is 68.2 Å². The molecule has 0 aliphatic heterocycles. The first-order chi connectivity index (χ1) is 6.36. The Hall–Kier alpha value is 0.181. The summed E-state index contributed by atoms with van der Waals surface area (Å²) in [6, 6.07) is 2.05. The number of nitrogen functional groups attached to an aromatic ring is 1. The van der Waals surface area contributed by atoms with Crippen molar-refractivity contribution in [3.8, 4) is 0 Å². The van der Waals surface area contributed by atoms with Crippen molar-refractivity contribution in [1.29, 1.82) is 0 Å². The minimum absolute atomic E-state index is 0. The van der Waals surface area contributed by atoms with Crippen LogP contribution in [-0.2, 0) is 0 Å². The van der Waals surface area contributed by atoms with Gasteiger partial charge in [-0.2, -0.15) is 0 Å². The van der Waals surface area contributed by atoms with Crippen LogP contribution in [-0.4, -0.2) is 13.3 Å². The molecule has 2 nitrogen and oxygen atoms in total. The minimum Gasteiger partial charge on any atom is -0.445 e. The summed E-state index contributed by atoms with van der Waals surface area (Å²) in [7, 11) is 0. The maximum atomic E-state index is 12.4. The second-order valence-electron chi connectivity index (χ2n) is 3.02. The molecule has 0 aliphatic rings. The molecule has 2 N–H and O–H groups in total. The summed E-state index contributed by atoms with van der Waals surface area (Å²) in [6.45, 7) is -3.83. The molecule has 0 radical (unpaired) electrons. The Kier molecular flexibility index (Phi) is 5.56. The van der Waals surface area contributed by atoms with Gasteiger partial charge in [-0.25, -0.2) is 0 Å². The Balaban J connectivity index is 0.00000196. The zero-order chi connectivity index (χ0) is 10.9. The number of hydrogen-bond donors (Lipinski definition) is 1. The topological polar surface area (TPSA) is 43.1 Å². The van der Waals surface area contributed by atoms with E-state index >= 15 is 0 Å². The standard InChI is InChI=1S/C8H8BF3NO.K/c1-5-7(9(10,11)12)2-6(4-14)3-8(5)13;/h2-4H,13H2,1H3;/q-1;+1. The zero-order valence-corrected chi connectivity index (χ0v) is 11.6. The molecule has 0 spiro atoms. The molecule has 0 heterocycles. The van der Waals surface area contributed by atoms with Gasteiger partial charge in [-0.05, 0) is 13.0 Å². The van der Waals surface area contributed by atoms with E-state index in [1.165, 1.54) is 13.0 Å². The van der Waals surface area contributed by atoms with Crippen LogP contribution in [0.25, 0.3) is 0 Å². The van der Waals surface area contributed by atoms with Crippen LogP contribution in [0, 0.1) is 6.92 Å². The summed E-state index contributed by atoms with van der Waals surface area (Å²) in [6.07, 6.45) is 0.348. The Bertz CT molecular complexity index is 381. The van der Waals surface area contributed by atoms with Gasteiger partial charge in [0, 0.05) is 11.3 Å². The molecule has 7 heteroatoms. The summed E-state index contributed by atoms with van der Waals surface area (Å²) in [5, 5.41) is 0. The van der Waals surface area contributed by atoms with Crippen molar-refractivity contribution in [3.63, 3.8) is 0 Å². The molecular formula is C8H8BF3KNO. The van der Waals surface area contributed by atoms with Crippen LogP contribution in [0.5, 0.6) is 0 Å². The number of halogens is 3. The monoisotopic (exact) mass is 241 g/mol. The molecule has 0 saturated heterocycles. The number of rotatable bonds is 2. The summed E-state index contributed by atoms with van der Waals surface area (Å²) < 4.78 is 37.3. The van der Waals surface area contributed by atoms with Crippen molar-refractivity contribution in [3.05, 3.63) is 23.3 Å². The first-order valence-corrected chi connectivity index (χ1v) is 3.91. The number of benzene rings is 1. The number of aldehydes is 1. The fraction of sp³-hybridized carbons (Fsp3) is 0.125. The van der Waals surface area contributed by atoms with Gasteiger partial charge < -0.3 is 18.7 Å². The first-order valence-electron chi connectivity index (χ1n) is 3.91. The molecule has 0 aliphatic carbocycles. The van der Waals surface area contributed by atoms with Gasteiger partial charge in [-0.15, -0.1) is 5.46 Å². The van der Waals surface area contributed by atoms with E-state index in [1.807, 2.05) is 0 Å². The average molecular weight is 241 g/mol. The third-order valence-electron chi connectivity index (χ3n) is 2.00. The van der Waals surface area contributed by atoms with E-state index < -0.39 is 12.4 Å². The molecule has 1 aromatic rings. The summed E-state index contributed by atoms with van der Waals surface area (Å²) >= 11 is 0. The number of carbonyl (C=O) groups is 1. The number of hydrogen-bond acceptors (Lipinski definition) is 2. The van der Waals surface area contributed by atoms with Gasteiger partial charge in [0.25, 0.3) is 0 Å². The van der Waals surface area contributed by atoms with Gasteiger partial charge in [0.2, 0.25) is 0 Å². The van der Waals surface area contributed by atoms with Crippen LogP contribution in [0.4, 0.5) is 18.6 Å². The number of nitrogens with two attached hydrogens (primary N) is 1. The number of anilines is 1. The van der Waals surface area contributed by atoms with Gasteiger partial charge in [-0.1, -0.05) is 11.6 Å². The molecule has 0 bridgehead atoms. The van der Waals surface area contributed by atoms with Crippen LogP contribution >= 0.6 is 0 Å². The molecule has 1 rings (SSSR count). The van der Waals surface area contributed by atoms with Crippen molar-refractivity contribution >= 4 is 24.4 Å². The summed E-state index contributed by atoms with van der Waals surface area (Å²) in [5.74, 6) is 0. The van der Waals surface area contributed by atoms with Crippen molar-refractivity contribution in [2.24, 2.45) is 0 Å². The average Bonchev–Trinajstić information content (AvgIpc) is 2.07. The first kappa shape index (κ1) is 15.2. The molecule has 76 valence electrons. The fourth-order valence-corrected chi connectivity index (χ4v) is 1.19. The predicted molar refractivity (Wildman–Crippen MR) is 49.7 cm³/mol. The van der Waals surface area contributed by atoms with Crippen LogP contribution < -0.4 is 62.6 Å². The van der Waals surface area contributed by atoms with Crippen molar-refractivity contribution in [2.75, 3.05) is 5.73 Å². The normalized spacial score (nSPS) is 10.7. The van der Waals surface area contributed by atoms with Gasteiger partial charge in [0.15, 0.2) is 0 Å². The Morgan fingerprint density at radius 1 is 1.33 bits per heavy atom. The largest absolute Gasteiger partial charge is 1.00 e. The zero-order valence-electron chi connectivity index (χ0n) is 8.43. The van der Waals surface area contributed by atoms with Crippen LogP contribution in [0.1, 0.15) is 15.9 Å². The maximum absolute atomic E-state index is 12.4. The molecule has 0 aromatic heterocycles. The second kappa shape index (κ2) is 5.49. The van der Waals surface area contributed by atoms with E-state index in [9.17, 15) is 17.7 Å². The third-order valence-corrected chi connectivity index (χ3v) is 2.00. The van der Waals surface area contributed by atoms with Crippen molar-refractivity contribution in [2.45, 2.75) is 6.92 Å². The van der Waals surface area contributed by atoms with Gasteiger partial charge >= 0.3 is 58.4 Å².